The van der Waals surface area contributed by atoms with Crippen molar-refractivity contribution in [2.24, 2.45) is 11.8 Å². The van der Waals surface area contributed by atoms with Crippen molar-refractivity contribution < 1.29 is 13.2 Å². The van der Waals surface area contributed by atoms with Gasteiger partial charge in [-0.25, -0.2) is 8.42 Å². The number of hydrogen-bond acceptors (Lipinski definition) is 6. The van der Waals surface area contributed by atoms with Crippen molar-refractivity contribution >= 4 is 21.4 Å². The molecular formula is C20H30N4O3S2. The van der Waals surface area contributed by atoms with E-state index in [1.165, 1.54) is 11.3 Å². The fraction of sp³-hybridized carbons (Fsp3) is 0.650. The molecule has 1 aliphatic heterocycles. The SMILES string of the molecule is CO[C@@H]1C[C@H]2CN(S(=O)(=O)c3cc(-c4cc(C)[nH]n4)sc3C)C[C@H]2C[C@H]1N(C)C. The van der Waals surface area contributed by atoms with E-state index in [0.29, 0.717) is 35.9 Å². The molecule has 0 amide bonds. The molecule has 0 radical (unpaired) electrons. The summed E-state index contributed by atoms with van der Waals surface area (Å²) in [4.78, 5) is 4.33. The zero-order valence-corrected chi connectivity index (χ0v) is 19.3. The van der Waals surface area contributed by atoms with Crippen LogP contribution in [0, 0.1) is 25.7 Å². The first-order valence-corrected chi connectivity index (χ1v) is 12.3. The Morgan fingerprint density at radius 1 is 1.21 bits per heavy atom. The second kappa shape index (κ2) is 7.77. The molecule has 0 aromatic carbocycles. The van der Waals surface area contributed by atoms with Crippen molar-refractivity contribution in [3.8, 4) is 10.6 Å². The van der Waals surface area contributed by atoms with E-state index < -0.39 is 10.0 Å². The van der Waals surface area contributed by atoms with Gasteiger partial charge < -0.3 is 9.64 Å². The quantitative estimate of drug-likeness (QED) is 0.777. The molecule has 1 N–H and O–H groups in total. The minimum atomic E-state index is -3.52. The van der Waals surface area contributed by atoms with E-state index in [-0.39, 0.29) is 6.10 Å². The number of thiophene rings is 1. The van der Waals surface area contributed by atoms with Crippen LogP contribution >= 0.6 is 11.3 Å². The van der Waals surface area contributed by atoms with Gasteiger partial charge in [-0.3, -0.25) is 5.10 Å². The summed E-state index contributed by atoms with van der Waals surface area (Å²) in [6.45, 7) is 5.00. The predicted molar refractivity (Wildman–Crippen MR) is 115 cm³/mol. The number of ether oxygens (including phenoxy) is 1. The van der Waals surface area contributed by atoms with Gasteiger partial charge >= 0.3 is 0 Å². The normalized spacial score (nSPS) is 28.2. The number of nitrogens with one attached hydrogen (secondary N) is 1. The van der Waals surface area contributed by atoms with Gasteiger partial charge in [0.15, 0.2) is 0 Å². The number of aromatic nitrogens is 2. The summed E-state index contributed by atoms with van der Waals surface area (Å²) in [5, 5.41) is 7.21. The van der Waals surface area contributed by atoms with Crippen molar-refractivity contribution in [1.29, 1.82) is 0 Å². The standard InChI is InChI=1S/C20H30N4O3S2/c1-12-6-16(22-21-12)19-9-20(13(2)28-19)29(25,26)24-10-14-7-17(23(3)4)18(27-5)8-15(14)11-24/h6,9,14-15,17-18H,7-8,10-11H2,1-5H3,(H,21,22)/t14-,15+,17-,18-/m1/s1. The van der Waals surface area contributed by atoms with E-state index in [2.05, 4.69) is 29.2 Å². The van der Waals surface area contributed by atoms with Gasteiger partial charge in [-0.15, -0.1) is 11.3 Å². The molecular weight excluding hydrogens is 408 g/mol. The third-order valence-corrected chi connectivity index (χ3v) is 9.63. The first-order valence-electron chi connectivity index (χ1n) is 10.0. The molecule has 1 saturated heterocycles. The Kier molecular flexibility index (Phi) is 5.63. The van der Waals surface area contributed by atoms with E-state index in [1.807, 2.05) is 19.9 Å². The second-order valence-corrected chi connectivity index (χ2v) is 11.7. The highest BCUT2D eigenvalue weighted by molar-refractivity contribution is 7.89. The van der Waals surface area contributed by atoms with Crippen molar-refractivity contribution in [1.82, 2.24) is 19.4 Å². The number of methoxy groups -OCH3 is 1. The number of fused-ring (bicyclic) bond motifs is 1. The molecule has 2 fully saturated rings. The maximum Gasteiger partial charge on any atom is 0.244 e. The van der Waals surface area contributed by atoms with E-state index in [4.69, 9.17) is 4.74 Å². The molecule has 160 valence electrons. The van der Waals surface area contributed by atoms with Gasteiger partial charge in [0, 0.05) is 36.8 Å². The Balaban J connectivity index is 1.57. The summed E-state index contributed by atoms with van der Waals surface area (Å²) >= 11 is 1.49. The first-order chi connectivity index (χ1) is 13.7. The van der Waals surface area contributed by atoms with Crippen LogP contribution in [0.5, 0.6) is 0 Å². The van der Waals surface area contributed by atoms with E-state index in [1.54, 1.807) is 17.5 Å². The summed E-state index contributed by atoms with van der Waals surface area (Å²) in [7, 11) is 2.40. The molecule has 9 heteroatoms. The lowest BCUT2D eigenvalue weighted by atomic mass is 9.77. The van der Waals surface area contributed by atoms with E-state index in [0.717, 1.165) is 34.0 Å². The first kappa shape index (κ1) is 21.0. The van der Waals surface area contributed by atoms with Crippen molar-refractivity contribution in [3.63, 3.8) is 0 Å². The third-order valence-electron chi connectivity index (χ3n) is 6.47. The smallest absolute Gasteiger partial charge is 0.244 e. The minimum Gasteiger partial charge on any atom is -0.380 e. The third kappa shape index (κ3) is 3.79. The number of likely N-dealkylation sites (N-methyl/N-ethyl adjacent to an activating group) is 1. The second-order valence-electron chi connectivity index (χ2n) is 8.59. The molecule has 1 saturated carbocycles. The molecule has 0 bridgehead atoms. The summed E-state index contributed by atoms with van der Waals surface area (Å²) in [5.41, 5.74) is 1.76. The number of sulfonamides is 1. The van der Waals surface area contributed by atoms with Crippen LogP contribution in [0.3, 0.4) is 0 Å². The molecule has 4 rings (SSSR count). The van der Waals surface area contributed by atoms with Gasteiger partial charge in [0.05, 0.1) is 15.9 Å². The largest absolute Gasteiger partial charge is 0.380 e. The summed E-state index contributed by atoms with van der Waals surface area (Å²) in [6.07, 6.45) is 2.05. The highest BCUT2D eigenvalue weighted by atomic mass is 32.2. The Morgan fingerprint density at radius 2 is 1.90 bits per heavy atom. The van der Waals surface area contributed by atoms with Crippen molar-refractivity contribution in [3.05, 3.63) is 22.7 Å². The predicted octanol–water partition coefficient (Wildman–Crippen LogP) is 2.73. The fourth-order valence-electron chi connectivity index (χ4n) is 4.87. The molecule has 2 aromatic heterocycles. The maximum absolute atomic E-state index is 13.5. The number of aryl methyl sites for hydroxylation is 2. The molecule has 2 aliphatic rings. The van der Waals surface area contributed by atoms with Crippen LogP contribution in [0.25, 0.3) is 10.6 Å². The van der Waals surface area contributed by atoms with Gasteiger partial charge in [0.25, 0.3) is 0 Å². The number of aromatic amines is 1. The van der Waals surface area contributed by atoms with Crippen LogP contribution in [0.1, 0.15) is 23.4 Å². The average molecular weight is 439 g/mol. The zero-order chi connectivity index (χ0) is 20.9. The zero-order valence-electron chi connectivity index (χ0n) is 17.7. The number of rotatable bonds is 5. The summed E-state index contributed by atoms with van der Waals surface area (Å²) < 4.78 is 34.4. The van der Waals surface area contributed by atoms with Crippen molar-refractivity contribution in [2.75, 3.05) is 34.3 Å². The molecule has 4 atom stereocenters. The summed E-state index contributed by atoms with van der Waals surface area (Å²) in [5.74, 6) is 0.745. The number of H-pyrrole nitrogens is 1. The van der Waals surface area contributed by atoms with Gasteiger partial charge in [-0.1, -0.05) is 0 Å². The Labute approximate surface area is 177 Å². The van der Waals surface area contributed by atoms with Gasteiger partial charge in [0.1, 0.15) is 5.69 Å². The van der Waals surface area contributed by atoms with Gasteiger partial charge in [0.2, 0.25) is 10.0 Å². The molecule has 2 aromatic rings. The average Bonchev–Trinajstić information content (AvgIpc) is 3.38. The Bertz CT molecular complexity index is 982. The van der Waals surface area contributed by atoms with Crippen LogP contribution in [0.15, 0.2) is 17.0 Å². The Hall–Kier alpha value is -1.26. The number of hydrogen-bond donors (Lipinski definition) is 1. The fourth-order valence-corrected chi connectivity index (χ4v) is 7.95. The van der Waals surface area contributed by atoms with Crippen molar-refractivity contribution in [2.45, 2.75) is 43.7 Å². The lowest BCUT2D eigenvalue weighted by Gasteiger charge is -2.40. The molecule has 29 heavy (non-hydrogen) atoms. The molecule has 0 spiro atoms. The lowest BCUT2D eigenvalue weighted by Crippen LogP contribution is -2.47. The lowest BCUT2D eigenvalue weighted by molar-refractivity contribution is -0.0209. The van der Waals surface area contributed by atoms with Crippen LogP contribution < -0.4 is 0 Å². The van der Waals surface area contributed by atoms with E-state index in [9.17, 15) is 8.42 Å². The van der Waals surface area contributed by atoms with Crippen LogP contribution in [0.2, 0.25) is 0 Å². The Morgan fingerprint density at radius 3 is 2.48 bits per heavy atom. The molecule has 3 heterocycles. The number of nitrogens with zero attached hydrogens (tertiary/aromatic N) is 3. The highest BCUT2D eigenvalue weighted by Gasteiger charge is 2.46. The molecule has 1 aliphatic carbocycles. The monoisotopic (exact) mass is 438 g/mol. The van der Waals surface area contributed by atoms with Crippen LogP contribution in [-0.2, 0) is 14.8 Å². The maximum atomic E-state index is 13.5. The molecule has 7 nitrogen and oxygen atoms in total. The minimum absolute atomic E-state index is 0.159. The van der Waals surface area contributed by atoms with Gasteiger partial charge in [-0.2, -0.15) is 9.40 Å². The van der Waals surface area contributed by atoms with E-state index >= 15 is 0 Å². The van der Waals surface area contributed by atoms with Crippen LogP contribution in [0.4, 0.5) is 0 Å². The molecule has 0 unspecified atom stereocenters. The highest BCUT2D eigenvalue weighted by Crippen LogP contribution is 2.42. The van der Waals surface area contributed by atoms with Crippen LogP contribution in [-0.4, -0.2) is 74.3 Å². The summed E-state index contributed by atoms with van der Waals surface area (Å²) in [6, 6.07) is 4.06. The topological polar surface area (TPSA) is 78.5 Å². The van der Waals surface area contributed by atoms with Gasteiger partial charge in [-0.05, 0) is 64.8 Å².